The molecule has 0 aliphatic rings. The number of amides is 1. The molecule has 0 spiro atoms. The summed E-state index contributed by atoms with van der Waals surface area (Å²) in [6.45, 7) is 14.4. The van der Waals surface area contributed by atoms with Gasteiger partial charge < -0.3 is 4.90 Å². The highest BCUT2D eigenvalue weighted by atomic mass is 35.5. The van der Waals surface area contributed by atoms with E-state index in [1.807, 2.05) is 40.7 Å². The molecule has 0 atom stereocenters. The summed E-state index contributed by atoms with van der Waals surface area (Å²) in [6.07, 6.45) is 0. The van der Waals surface area contributed by atoms with Crippen molar-refractivity contribution in [3.8, 4) is 0 Å². The van der Waals surface area contributed by atoms with Crippen LogP contribution in [0, 0.1) is 20.8 Å². The number of halogens is 1. The highest BCUT2D eigenvalue weighted by Gasteiger charge is 2.22. The second-order valence-electron chi connectivity index (χ2n) is 4.70. The van der Waals surface area contributed by atoms with E-state index < -0.39 is 0 Å². The number of carbonyl (C=O) groups is 1. The first-order chi connectivity index (χ1) is 9.34. The van der Waals surface area contributed by atoms with Gasteiger partial charge in [0.05, 0.1) is 10.6 Å². The van der Waals surface area contributed by atoms with E-state index in [4.69, 9.17) is 11.6 Å². The van der Waals surface area contributed by atoms with Crippen LogP contribution in [0.1, 0.15) is 30.5 Å². The smallest absolute Gasteiger partial charge is 0.264 e. The van der Waals surface area contributed by atoms with Crippen molar-refractivity contribution in [2.75, 3.05) is 17.2 Å². The summed E-state index contributed by atoms with van der Waals surface area (Å²) in [7, 11) is 0. The van der Waals surface area contributed by atoms with E-state index in [1.54, 1.807) is 4.90 Å². The number of carbonyl (C=O) groups excluding carboxylic acids is 1. The van der Waals surface area contributed by atoms with Crippen molar-refractivity contribution in [2.45, 2.75) is 34.6 Å². The molecule has 0 radical (unpaired) electrons. The van der Waals surface area contributed by atoms with Crippen molar-refractivity contribution in [1.82, 2.24) is 0 Å². The molecule has 0 bridgehead atoms. The molecule has 0 heterocycles. The normalized spacial score (nSPS) is 10.5. The predicted molar refractivity (Wildman–Crippen MR) is 91.0 cm³/mol. The molecule has 0 aromatic heterocycles. The number of hydrogen-bond acceptors (Lipinski definition) is 2. The lowest BCUT2D eigenvalue weighted by Gasteiger charge is -2.26. The van der Waals surface area contributed by atoms with Gasteiger partial charge in [0.15, 0.2) is 0 Å². The van der Waals surface area contributed by atoms with Crippen molar-refractivity contribution in [3.05, 3.63) is 39.3 Å². The van der Waals surface area contributed by atoms with Crippen molar-refractivity contribution >= 4 is 35.0 Å². The van der Waals surface area contributed by atoms with E-state index in [1.165, 1.54) is 11.8 Å². The molecule has 1 aromatic rings. The molecule has 0 N–H and O–H groups in total. The maximum atomic E-state index is 12.5. The van der Waals surface area contributed by atoms with Crippen LogP contribution in [-0.4, -0.2) is 18.2 Å². The Hall–Kier alpha value is -0.930. The molecule has 0 aliphatic carbocycles. The molecule has 110 valence electrons. The zero-order chi connectivity index (χ0) is 15.4. The highest BCUT2D eigenvalue weighted by molar-refractivity contribution is 8.03. The number of hydrogen-bond donors (Lipinski definition) is 0. The van der Waals surface area contributed by atoms with Gasteiger partial charge in [-0.15, -0.1) is 11.8 Å². The minimum absolute atomic E-state index is 0.0366. The maximum Gasteiger partial charge on any atom is 0.264 e. The molecule has 0 saturated carbocycles. The van der Waals surface area contributed by atoms with Crippen LogP contribution in [0.15, 0.2) is 17.6 Å². The average molecular weight is 312 g/mol. The van der Waals surface area contributed by atoms with Gasteiger partial charge in [0.25, 0.3) is 5.91 Å². The minimum atomic E-state index is -0.0366. The number of thioether (sulfide) groups is 1. The summed E-state index contributed by atoms with van der Waals surface area (Å²) in [6, 6.07) is 2.02. The van der Waals surface area contributed by atoms with E-state index in [0.717, 1.165) is 33.2 Å². The number of likely N-dealkylation sites (N-methyl/N-ethyl adjacent to an activating group) is 1. The lowest BCUT2D eigenvalue weighted by molar-refractivity contribution is -0.114. The minimum Gasteiger partial charge on any atom is -0.308 e. The zero-order valence-electron chi connectivity index (χ0n) is 12.8. The number of benzene rings is 1. The molecule has 2 nitrogen and oxygen atoms in total. The SMILES string of the molecule is C=C(SCC)C(=O)N(CC)c1c(C)cc(C)c(Cl)c1C. The van der Waals surface area contributed by atoms with Crippen LogP contribution in [0.3, 0.4) is 0 Å². The van der Waals surface area contributed by atoms with Gasteiger partial charge in [0.1, 0.15) is 0 Å². The molecule has 1 amide bonds. The van der Waals surface area contributed by atoms with Crippen LogP contribution >= 0.6 is 23.4 Å². The van der Waals surface area contributed by atoms with Gasteiger partial charge >= 0.3 is 0 Å². The number of rotatable bonds is 5. The summed E-state index contributed by atoms with van der Waals surface area (Å²) < 4.78 is 0. The van der Waals surface area contributed by atoms with Crippen LogP contribution in [0.25, 0.3) is 0 Å². The fourth-order valence-corrected chi connectivity index (χ4v) is 3.08. The van der Waals surface area contributed by atoms with Crippen LogP contribution < -0.4 is 4.90 Å². The fraction of sp³-hybridized carbons (Fsp3) is 0.438. The number of aryl methyl sites for hydroxylation is 2. The summed E-state index contributed by atoms with van der Waals surface area (Å²) in [5.41, 5.74) is 3.96. The summed E-state index contributed by atoms with van der Waals surface area (Å²) >= 11 is 7.81. The molecule has 0 aliphatic heterocycles. The van der Waals surface area contributed by atoms with Crippen molar-refractivity contribution in [2.24, 2.45) is 0 Å². The first-order valence-corrected chi connectivity index (χ1v) is 8.11. The molecule has 0 fully saturated rings. The lowest BCUT2D eigenvalue weighted by Crippen LogP contribution is -2.32. The summed E-state index contributed by atoms with van der Waals surface area (Å²) in [4.78, 5) is 14.9. The molecule has 1 aromatic carbocycles. The van der Waals surface area contributed by atoms with Crippen LogP contribution in [-0.2, 0) is 4.79 Å². The molecule has 0 saturated heterocycles. The third-order valence-corrected chi connectivity index (χ3v) is 4.62. The fourth-order valence-electron chi connectivity index (χ4n) is 2.36. The summed E-state index contributed by atoms with van der Waals surface area (Å²) in [5, 5.41) is 0.727. The van der Waals surface area contributed by atoms with Gasteiger partial charge in [0, 0.05) is 11.6 Å². The average Bonchev–Trinajstić information content (AvgIpc) is 2.40. The Morgan fingerprint density at radius 3 is 2.40 bits per heavy atom. The Labute approximate surface area is 131 Å². The first-order valence-electron chi connectivity index (χ1n) is 6.74. The Morgan fingerprint density at radius 1 is 1.30 bits per heavy atom. The van der Waals surface area contributed by atoms with Crippen LogP contribution in [0.2, 0.25) is 5.02 Å². The third-order valence-electron chi connectivity index (χ3n) is 3.23. The molecular formula is C16H22ClNOS. The van der Waals surface area contributed by atoms with Gasteiger partial charge in [-0.25, -0.2) is 0 Å². The summed E-state index contributed by atoms with van der Waals surface area (Å²) in [5.74, 6) is 0.805. The Morgan fingerprint density at radius 2 is 1.90 bits per heavy atom. The van der Waals surface area contributed by atoms with E-state index >= 15 is 0 Å². The largest absolute Gasteiger partial charge is 0.308 e. The monoisotopic (exact) mass is 311 g/mol. The first kappa shape index (κ1) is 17.1. The quantitative estimate of drug-likeness (QED) is 0.722. The molecule has 0 unspecified atom stereocenters. The molecule has 20 heavy (non-hydrogen) atoms. The standard InChI is InChI=1S/C16H22ClNOS/c1-7-18(16(19)13(6)20-8-2)15-11(4)9-10(3)14(17)12(15)5/h9H,6-8H2,1-5H3. The van der Waals surface area contributed by atoms with Crippen LogP contribution in [0.5, 0.6) is 0 Å². The maximum absolute atomic E-state index is 12.5. The highest BCUT2D eigenvalue weighted by Crippen LogP contribution is 2.34. The number of anilines is 1. The molecule has 4 heteroatoms. The number of nitrogens with zero attached hydrogens (tertiary/aromatic N) is 1. The van der Waals surface area contributed by atoms with Crippen molar-refractivity contribution < 1.29 is 4.79 Å². The van der Waals surface area contributed by atoms with E-state index in [9.17, 15) is 4.79 Å². The third kappa shape index (κ3) is 3.39. The Kier molecular flexibility index (Phi) is 6.15. The van der Waals surface area contributed by atoms with E-state index in [0.29, 0.717) is 11.4 Å². The van der Waals surface area contributed by atoms with Gasteiger partial charge in [-0.3, -0.25) is 4.79 Å². The molecule has 1 rings (SSSR count). The second kappa shape index (κ2) is 7.19. The van der Waals surface area contributed by atoms with E-state index in [-0.39, 0.29) is 5.91 Å². The zero-order valence-corrected chi connectivity index (χ0v) is 14.4. The second-order valence-corrected chi connectivity index (χ2v) is 6.44. The van der Waals surface area contributed by atoms with E-state index in [2.05, 4.69) is 6.58 Å². The topological polar surface area (TPSA) is 20.3 Å². The van der Waals surface area contributed by atoms with Crippen molar-refractivity contribution in [3.63, 3.8) is 0 Å². The van der Waals surface area contributed by atoms with Crippen LogP contribution in [0.4, 0.5) is 5.69 Å². The van der Waals surface area contributed by atoms with Gasteiger partial charge in [-0.1, -0.05) is 31.2 Å². The Bertz CT molecular complexity index is 540. The predicted octanol–water partition coefficient (Wildman–Crippen LogP) is 4.88. The lowest BCUT2D eigenvalue weighted by atomic mass is 10.0. The van der Waals surface area contributed by atoms with Gasteiger partial charge in [0.2, 0.25) is 0 Å². The molecular weight excluding hydrogens is 290 g/mol. The van der Waals surface area contributed by atoms with Gasteiger partial charge in [-0.2, -0.15) is 0 Å². The van der Waals surface area contributed by atoms with Gasteiger partial charge in [-0.05, 0) is 50.1 Å². The Balaban J connectivity index is 3.30. The van der Waals surface area contributed by atoms with Crippen molar-refractivity contribution in [1.29, 1.82) is 0 Å².